The van der Waals surface area contributed by atoms with Crippen molar-refractivity contribution in [3.05, 3.63) is 29.8 Å². The largest absolute Gasteiger partial charge is 0.497 e. The number of aliphatic imine (C=N–C) groups is 1. The molecule has 2 amide bonds. The summed E-state index contributed by atoms with van der Waals surface area (Å²) in [5.74, 6) is 1.44. The third-order valence-electron chi connectivity index (χ3n) is 5.45. The molecule has 2 aliphatic rings. The van der Waals surface area contributed by atoms with Gasteiger partial charge >= 0.3 is 0 Å². The number of piperazine rings is 1. The van der Waals surface area contributed by atoms with Gasteiger partial charge < -0.3 is 29.9 Å². The number of ether oxygens (including phenoxy) is 2. The molecule has 2 saturated heterocycles. The second kappa shape index (κ2) is 11.5. The van der Waals surface area contributed by atoms with Crippen molar-refractivity contribution < 1.29 is 19.1 Å². The number of benzene rings is 1. The van der Waals surface area contributed by atoms with Gasteiger partial charge in [0.1, 0.15) is 18.4 Å². The Hall–Kier alpha value is -2.81. The molecule has 9 heteroatoms. The second-order valence-corrected chi connectivity index (χ2v) is 7.61. The molecular formula is C22H33N5O4. The van der Waals surface area contributed by atoms with E-state index < -0.39 is 0 Å². The Morgan fingerprint density at radius 3 is 2.45 bits per heavy atom. The van der Waals surface area contributed by atoms with Gasteiger partial charge in [-0.2, -0.15) is 0 Å². The van der Waals surface area contributed by atoms with E-state index in [1.807, 2.05) is 36.1 Å². The fraction of sp³-hybridized carbons (Fsp3) is 0.591. The van der Waals surface area contributed by atoms with Crippen LogP contribution in [0.4, 0.5) is 0 Å². The maximum atomic E-state index is 12.5. The van der Waals surface area contributed by atoms with Gasteiger partial charge in [-0.1, -0.05) is 12.1 Å². The predicted octanol–water partition coefficient (Wildman–Crippen LogP) is 0.600. The summed E-state index contributed by atoms with van der Waals surface area (Å²) in [7, 11) is 1.62. The molecule has 2 fully saturated rings. The summed E-state index contributed by atoms with van der Waals surface area (Å²) >= 11 is 0. The van der Waals surface area contributed by atoms with Crippen LogP contribution < -0.4 is 15.4 Å². The van der Waals surface area contributed by atoms with Crippen LogP contribution in [-0.4, -0.2) is 86.7 Å². The first-order chi connectivity index (χ1) is 15.1. The summed E-state index contributed by atoms with van der Waals surface area (Å²) in [6.45, 7) is 6.49. The summed E-state index contributed by atoms with van der Waals surface area (Å²) in [5.41, 5.74) is 0.997. The highest BCUT2D eigenvalue weighted by Gasteiger charge is 2.30. The van der Waals surface area contributed by atoms with Gasteiger partial charge in [0, 0.05) is 45.9 Å². The average molecular weight is 432 g/mol. The number of carbonyl (C=O) groups is 2. The van der Waals surface area contributed by atoms with E-state index in [0.29, 0.717) is 51.8 Å². The molecular weight excluding hydrogens is 398 g/mol. The topological polar surface area (TPSA) is 95.5 Å². The van der Waals surface area contributed by atoms with Crippen LogP contribution in [-0.2, 0) is 20.9 Å². The molecule has 1 aromatic carbocycles. The SMILES string of the molecule is CCNC(=NCC(=O)NCc1ccc(OC)cc1)N1CCN(C(=O)C2CCCO2)CC1. The third-order valence-corrected chi connectivity index (χ3v) is 5.45. The van der Waals surface area contributed by atoms with E-state index in [2.05, 4.69) is 20.5 Å². The van der Waals surface area contributed by atoms with Crippen LogP contribution in [0.15, 0.2) is 29.3 Å². The summed E-state index contributed by atoms with van der Waals surface area (Å²) in [6.07, 6.45) is 1.49. The van der Waals surface area contributed by atoms with Crippen molar-refractivity contribution in [1.82, 2.24) is 20.4 Å². The van der Waals surface area contributed by atoms with Crippen LogP contribution in [0.5, 0.6) is 5.75 Å². The van der Waals surface area contributed by atoms with Crippen molar-refractivity contribution in [2.24, 2.45) is 4.99 Å². The number of hydrogen-bond donors (Lipinski definition) is 2. The minimum atomic E-state index is -0.275. The highest BCUT2D eigenvalue weighted by molar-refractivity contribution is 5.85. The number of nitrogens with one attached hydrogen (secondary N) is 2. The van der Waals surface area contributed by atoms with Crippen LogP contribution in [0.25, 0.3) is 0 Å². The van der Waals surface area contributed by atoms with Crippen molar-refractivity contribution in [2.45, 2.75) is 32.4 Å². The van der Waals surface area contributed by atoms with E-state index in [9.17, 15) is 9.59 Å². The van der Waals surface area contributed by atoms with Crippen molar-refractivity contribution in [1.29, 1.82) is 0 Å². The van der Waals surface area contributed by atoms with Crippen LogP contribution in [0.3, 0.4) is 0 Å². The number of hydrogen-bond acceptors (Lipinski definition) is 5. The molecule has 0 bridgehead atoms. The Kier molecular flexibility index (Phi) is 8.52. The van der Waals surface area contributed by atoms with Crippen LogP contribution in [0.1, 0.15) is 25.3 Å². The lowest BCUT2D eigenvalue weighted by Gasteiger charge is -2.37. The maximum absolute atomic E-state index is 12.5. The first-order valence-electron chi connectivity index (χ1n) is 10.9. The van der Waals surface area contributed by atoms with E-state index in [4.69, 9.17) is 9.47 Å². The molecule has 0 saturated carbocycles. The van der Waals surface area contributed by atoms with Crippen LogP contribution in [0.2, 0.25) is 0 Å². The van der Waals surface area contributed by atoms with Gasteiger partial charge in [0.2, 0.25) is 5.91 Å². The number of nitrogens with zero attached hydrogens (tertiary/aromatic N) is 3. The van der Waals surface area contributed by atoms with E-state index in [1.54, 1.807) is 7.11 Å². The Morgan fingerprint density at radius 1 is 1.13 bits per heavy atom. The summed E-state index contributed by atoms with van der Waals surface area (Å²) in [6, 6.07) is 7.58. The van der Waals surface area contributed by atoms with Crippen molar-refractivity contribution in [2.75, 3.05) is 53.0 Å². The lowest BCUT2D eigenvalue weighted by atomic mass is 10.2. The smallest absolute Gasteiger partial charge is 0.251 e. The molecule has 2 heterocycles. The average Bonchev–Trinajstić information content (AvgIpc) is 3.35. The van der Waals surface area contributed by atoms with Gasteiger partial charge in [-0.3, -0.25) is 9.59 Å². The fourth-order valence-electron chi connectivity index (χ4n) is 3.69. The van der Waals surface area contributed by atoms with Gasteiger partial charge in [0.25, 0.3) is 5.91 Å². The zero-order valence-electron chi connectivity index (χ0n) is 18.4. The molecule has 3 rings (SSSR count). The minimum absolute atomic E-state index is 0.0492. The molecule has 31 heavy (non-hydrogen) atoms. The van der Waals surface area contributed by atoms with Gasteiger partial charge in [-0.25, -0.2) is 4.99 Å². The summed E-state index contributed by atoms with van der Waals surface area (Å²) < 4.78 is 10.7. The first-order valence-corrected chi connectivity index (χ1v) is 10.9. The molecule has 0 aromatic heterocycles. The fourth-order valence-corrected chi connectivity index (χ4v) is 3.69. The molecule has 0 aliphatic carbocycles. The normalized spacial score (nSPS) is 19.3. The van der Waals surface area contributed by atoms with Crippen molar-refractivity contribution in [3.8, 4) is 5.75 Å². The first kappa shape index (κ1) is 22.9. The molecule has 170 valence electrons. The van der Waals surface area contributed by atoms with E-state index in [-0.39, 0.29) is 24.5 Å². The molecule has 1 unspecified atom stereocenters. The Bertz CT molecular complexity index is 754. The van der Waals surface area contributed by atoms with E-state index in [1.165, 1.54) is 0 Å². The van der Waals surface area contributed by atoms with Crippen molar-refractivity contribution >= 4 is 17.8 Å². The standard InChI is InChI=1S/C22H33N5O4/c1-3-23-22(25-16-20(28)24-15-17-6-8-18(30-2)9-7-17)27-12-10-26(11-13-27)21(29)19-5-4-14-31-19/h6-9,19H,3-5,10-16H2,1-2H3,(H,23,25)(H,24,28). The van der Waals surface area contributed by atoms with Crippen molar-refractivity contribution in [3.63, 3.8) is 0 Å². The van der Waals surface area contributed by atoms with Gasteiger partial charge in [0.05, 0.1) is 7.11 Å². The number of rotatable bonds is 7. The number of guanidine groups is 1. The Balaban J connectivity index is 1.46. The highest BCUT2D eigenvalue weighted by atomic mass is 16.5. The zero-order chi connectivity index (χ0) is 22.1. The molecule has 0 spiro atoms. The second-order valence-electron chi connectivity index (χ2n) is 7.61. The van der Waals surface area contributed by atoms with Gasteiger partial charge in [-0.05, 0) is 37.5 Å². The van der Waals surface area contributed by atoms with E-state index >= 15 is 0 Å². The predicted molar refractivity (Wildman–Crippen MR) is 118 cm³/mol. The highest BCUT2D eigenvalue weighted by Crippen LogP contribution is 2.16. The molecule has 9 nitrogen and oxygen atoms in total. The minimum Gasteiger partial charge on any atom is -0.497 e. The molecule has 1 aromatic rings. The lowest BCUT2D eigenvalue weighted by molar-refractivity contribution is -0.142. The summed E-state index contributed by atoms with van der Waals surface area (Å²) in [4.78, 5) is 33.2. The van der Waals surface area contributed by atoms with Gasteiger partial charge in [-0.15, -0.1) is 0 Å². The quantitative estimate of drug-likeness (QED) is 0.485. The number of methoxy groups -OCH3 is 1. The number of amides is 2. The third kappa shape index (κ3) is 6.58. The van der Waals surface area contributed by atoms with Crippen LogP contribution >= 0.6 is 0 Å². The molecule has 2 N–H and O–H groups in total. The van der Waals surface area contributed by atoms with E-state index in [0.717, 1.165) is 24.2 Å². The summed E-state index contributed by atoms with van der Waals surface area (Å²) in [5, 5.41) is 6.14. The zero-order valence-corrected chi connectivity index (χ0v) is 18.4. The Labute approximate surface area is 183 Å². The maximum Gasteiger partial charge on any atom is 0.251 e. The molecule has 1 atom stereocenters. The number of carbonyl (C=O) groups excluding carboxylic acids is 2. The lowest BCUT2D eigenvalue weighted by Crippen LogP contribution is -2.55. The monoisotopic (exact) mass is 431 g/mol. The Morgan fingerprint density at radius 2 is 1.84 bits per heavy atom. The molecule has 2 aliphatic heterocycles. The molecule has 0 radical (unpaired) electrons. The van der Waals surface area contributed by atoms with Gasteiger partial charge in [0.15, 0.2) is 5.96 Å². The van der Waals surface area contributed by atoms with Crippen LogP contribution in [0, 0.1) is 0 Å².